The third-order valence-electron chi connectivity index (χ3n) is 10.3. The molecule has 1 nitrogen and oxygen atoms in total. The number of fused-ring (bicyclic) bond motifs is 8. The number of furan rings is 1. The van der Waals surface area contributed by atoms with Crippen LogP contribution in [-0.2, 0) is 11.8 Å². The zero-order valence-corrected chi connectivity index (χ0v) is 26.1. The lowest BCUT2D eigenvalue weighted by atomic mass is 9.67. The van der Waals surface area contributed by atoms with E-state index in [0.29, 0.717) is 5.92 Å². The van der Waals surface area contributed by atoms with E-state index in [1.807, 2.05) is 6.07 Å². The average Bonchev–Trinajstić information content (AvgIpc) is 3.63. The van der Waals surface area contributed by atoms with E-state index < -0.39 is 5.41 Å². The van der Waals surface area contributed by atoms with Crippen molar-refractivity contribution in [1.82, 2.24) is 0 Å². The smallest absolute Gasteiger partial charge is 0.135 e. The van der Waals surface area contributed by atoms with E-state index in [-0.39, 0.29) is 0 Å². The maximum atomic E-state index is 6.26. The van der Waals surface area contributed by atoms with Crippen molar-refractivity contribution in [1.29, 1.82) is 0 Å². The molecule has 46 heavy (non-hydrogen) atoms. The van der Waals surface area contributed by atoms with Gasteiger partial charge in [-0.05, 0) is 92.2 Å². The molecule has 1 aromatic heterocycles. The van der Waals surface area contributed by atoms with E-state index in [4.69, 9.17) is 4.42 Å². The molecule has 0 fully saturated rings. The molecule has 8 aromatic rings. The quantitative estimate of drug-likeness (QED) is 0.194. The minimum absolute atomic E-state index is 0.303. The van der Waals surface area contributed by atoms with Gasteiger partial charge in [0.1, 0.15) is 11.2 Å². The van der Waals surface area contributed by atoms with E-state index in [9.17, 15) is 0 Å². The molecule has 0 bridgehead atoms. The van der Waals surface area contributed by atoms with E-state index in [1.165, 1.54) is 71.6 Å². The topological polar surface area (TPSA) is 13.1 Å². The van der Waals surface area contributed by atoms with Crippen LogP contribution < -0.4 is 0 Å². The molecule has 220 valence electrons. The van der Waals surface area contributed by atoms with Crippen molar-refractivity contribution < 1.29 is 4.42 Å². The molecule has 0 aliphatic heterocycles. The lowest BCUT2D eigenvalue weighted by Gasteiger charge is -2.34. The number of benzene rings is 7. The largest absolute Gasteiger partial charge is 0.456 e. The highest BCUT2D eigenvalue weighted by molar-refractivity contribution is 6.07. The molecule has 1 heteroatoms. The summed E-state index contributed by atoms with van der Waals surface area (Å²) in [5.74, 6) is 0.303. The Balaban J connectivity index is 1.28. The number of para-hydroxylation sites is 1. The summed E-state index contributed by atoms with van der Waals surface area (Å²) in [5.41, 5.74) is 13.5. The number of hydrogen-bond acceptors (Lipinski definition) is 1. The third-order valence-corrected chi connectivity index (χ3v) is 10.3. The maximum absolute atomic E-state index is 6.26. The van der Waals surface area contributed by atoms with Gasteiger partial charge in [-0.3, -0.25) is 0 Å². The first kappa shape index (κ1) is 27.0. The molecule has 0 spiro atoms. The van der Waals surface area contributed by atoms with Crippen LogP contribution in [-0.4, -0.2) is 0 Å². The minimum Gasteiger partial charge on any atom is -0.456 e. The predicted octanol–water partition coefficient (Wildman–Crippen LogP) is 11.8. The van der Waals surface area contributed by atoms with Crippen LogP contribution in [0.15, 0.2) is 156 Å². The Labute approximate surface area is 269 Å². The Kier molecular flexibility index (Phi) is 6.05. The standard InChI is InChI=1S/C45H34O/c1-29(35-21-13-23-42-44(35)38-20-11-12-22-41(38)46-42)26-31-24-25-37-39(28-31)45(32-14-5-3-6-15-32,33-16-7-4-8-17-33)40-27-30(2)34-18-9-10-19-36(34)43(37)40/h3-25,27-29H,26H2,1-2H3. The van der Waals surface area contributed by atoms with Crippen LogP contribution in [0.5, 0.6) is 0 Å². The molecule has 1 unspecified atom stereocenters. The summed E-state index contributed by atoms with van der Waals surface area (Å²) in [4.78, 5) is 0. The highest BCUT2D eigenvalue weighted by Gasteiger charge is 2.47. The van der Waals surface area contributed by atoms with Gasteiger partial charge in [0.25, 0.3) is 0 Å². The van der Waals surface area contributed by atoms with E-state index in [1.54, 1.807) is 0 Å². The lowest BCUT2D eigenvalue weighted by Crippen LogP contribution is -2.28. The molecular weight excluding hydrogens is 556 g/mol. The van der Waals surface area contributed by atoms with Crippen molar-refractivity contribution in [3.63, 3.8) is 0 Å². The molecule has 0 saturated heterocycles. The summed E-state index contributed by atoms with van der Waals surface area (Å²) >= 11 is 0. The second kappa shape index (κ2) is 10.3. The van der Waals surface area contributed by atoms with Crippen molar-refractivity contribution in [2.24, 2.45) is 0 Å². The zero-order valence-electron chi connectivity index (χ0n) is 26.1. The van der Waals surface area contributed by atoms with E-state index in [0.717, 1.165) is 17.6 Å². The van der Waals surface area contributed by atoms with Gasteiger partial charge in [-0.25, -0.2) is 0 Å². The molecule has 1 heterocycles. The van der Waals surface area contributed by atoms with Gasteiger partial charge in [-0.1, -0.05) is 146 Å². The highest BCUT2D eigenvalue weighted by atomic mass is 16.3. The zero-order chi connectivity index (χ0) is 30.8. The van der Waals surface area contributed by atoms with Gasteiger partial charge in [0, 0.05) is 10.8 Å². The minimum atomic E-state index is -0.429. The van der Waals surface area contributed by atoms with Crippen LogP contribution in [0, 0.1) is 6.92 Å². The Bertz CT molecular complexity index is 2370. The summed E-state index contributed by atoms with van der Waals surface area (Å²) < 4.78 is 6.26. The molecule has 9 rings (SSSR count). The molecule has 0 amide bonds. The van der Waals surface area contributed by atoms with Crippen LogP contribution >= 0.6 is 0 Å². The molecular formula is C45H34O. The molecule has 0 radical (unpaired) electrons. The van der Waals surface area contributed by atoms with Crippen LogP contribution in [0.1, 0.15) is 51.8 Å². The normalized spacial score (nSPS) is 14.0. The predicted molar refractivity (Wildman–Crippen MR) is 192 cm³/mol. The fraction of sp³-hybridized carbons (Fsp3) is 0.111. The fourth-order valence-corrected chi connectivity index (χ4v) is 8.38. The summed E-state index contributed by atoms with van der Waals surface area (Å²) in [6, 6.07) is 55.9. The molecule has 1 atom stereocenters. The van der Waals surface area contributed by atoms with Crippen LogP contribution in [0.3, 0.4) is 0 Å². The Morgan fingerprint density at radius 1 is 0.565 bits per heavy atom. The van der Waals surface area contributed by atoms with Gasteiger partial charge in [0.05, 0.1) is 5.41 Å². The van der Waals surface area contributed by atoms with Crippen molar-refractivity contribution in [3.8, 4) is 11.1 Å². The molecule has 0 saturated carbocycles. The fourth-order valence-electron chi connectivity index (χ4n) is 8.38. The van der Waals surface area contributed by atoms with Crippen molar-refractivity contribution in [2.45, 2.75) is 31.6 Å². The van der Waals surface area contributed by atoms with Gasteiger partial charge in [-0.2, -0.15) is 0 Å². The van der Waals surface area contributed by atoms with Gasteiger partial charge >= 0.3 is 0 Å². The van der Waals surface area contributed by atoms with Crippen molar-refractivity contribution >= 4 is 32.7 Å². The molecule has 1 aliphatic rings. The Hall–Kier alpha value is -5.40. The summed E-state index contributed by atoms with van der Waals surface area (Å²) in [7, 11) is 0. The van der Waals surface area contributed by atoms with E-state index in [2.05, 4.69) is 159 Å². The van der Waals surface area contributed by atoms with Gasteiger partial charge in [-0.15, -0.1) is 0 Å². The first-order chi connectivity index (χ1) is 22.6. The number of rotatable bonds is 5. The maximum Gasteiger partial charge on any atom is 0.135 e. The van der Waals surface area contributed by atoms with Crippen LogP contribution in [0.2, 0.25) is 0 Å². The molecule has 1 aliphatic carbocycles. The Morgan fingerprint density at radius 3 is 1.93 bits per heavy atom. The second-order valence-electron chi connectivity index (χ2n) is 12.9. The monoisotopic (exact) mass is 590 g/mol. The average molecular weight is 591 g/mol. The summed E-state index contributed by atoms with van der Waals surface area (Å²) in [6.45, 7) is 4.62. The van der Waals surface area contributed by atoms with Crippen molar-refractivity contribution in [3.05, 3.63) is 191 Å². The summed E-state index contributed by atoms with van der Waals surface area (Å²) in [5, 5.41) is 5.08. The molecule has 0 N–H and O–H groups in total. The Morgan fingerprint density at radius 2 is 1.20 bits per heavy atom. The van der Waals surface area contributed by atoms with Crippen molar-refractivity contribution in [2.75, 3.05) is 0 Å². The van der Waals surface area contributed by atoms with E-state index >= 15 is 0 Å². The second-order valence-corrected chi connectivity index (χ2v) is 12.9. The van der Waals surface area contributed by atoms with Crippen LogP contribution in [0.25, 0.3) is 43.8 Å². The SMILES string of the molecule is Cc1cc2c(c3ccccc13)-c1ccc(CC(C)c3cccc4oc5ccccc5c34)cc1C2(c1ccccc1)c1ccccc1. The van der Waals surface area contributed by atoms with Gasteiger partial charge in [0.2, 0.25) is 0 Å². The van der Waals surface area contributed by atoms with Gasteiger partial charge < -0.3 is 4.42 Å². The molecule has 7 aromatic carbocycles. The number of hydrogen-bond donors (Lipinski definition) is 0. The highest BCUT2D eigenvalue weighted by Crippen LogP contribution is 2.58. The first-order valence-corrected chi connectivity index (χ1v) is 16.3. The third kappa shape index (κ3) is 3.82. The lowest BCUT2D eigenvalue weighted by molar-refractivity contribution is 0.667. The summed E-state index contributed by atoms with van der Waals surface area (Å²) in [6.07, 6.45) is 0.932. The first-order valence-electron chi connectivity index (χ1n) is 16.3. The van der Waals surface area contributed by atoms with Crippen LogP contribution in [0.4, 0.5) is 0 Å². The van der Waals surface area contributed by atoms with Gasteiger partial charge in [0.15, 0.2) is 0 Å². The number of aryl methyl sites for hydroxylation is 1.